The summed E-state index contributed by atoms with van der Waals surface area (Å²) in [6, 6.07) is 2.64. The highest BCUT2D eigenvalue weighted by Gasteiger charge is 2.08. The molecule has 0 fully saturated rings. The van der Waals surface area contributed by atoms with E-state index in [1.54, 1.807) is 0 Å². The number of ether oxygens (including phenoxy) is 1. The normalized spacial score (nSPS) is 9.64. The summed E-state index contributed by atoms with van der Waals surface area (Å²) in [4.78, 5) is 3.72. The van der Waals surface area contributed by atoms with Crippen LogP contribution in [0.5, 0.6) is 5.75 Å². The van der Waals surface area contributed by atoms with Gasteiger partial charge in [0, 0.05) is 6.07 Å². The molecule has 1 aromatic carbocycles. The zero-order chi connectivity index (χ0) is 10.7. The average Bonchev–Trinajstić information content (AvgIpc) is 2.10. The maximum atomic E-state index is 13.1. The van der Waals surface area contributed by atoms with Gasteiger partial charge in [-0.05, 0) is 22.0 Å². The van der Waals surface area contributed by atoms with Gasteiger partial charge in [0.25, 0.3) is 0 Å². The Labute approximate surface area is 88.9 Å². The molecule has 0 heterocycles. The number of halogens is 2. The second-order valence-electron chi connectivity index (χ2n) is 2.47. The molecule has 0 saturated heterocycles. The number of methoxy groups -OCH3 is 1. The van der Waals surface area contributed by atoms with Crippen LogP contribution in [0.25, 0.3) is 0 Å². The van der Waals surface area contributed by atoms with Gasteiger partial charge in [0.2, 0.25) is 0 Å². The number of rotatable bonds is 2. The van der Waals surface area contributed by atoms with E-state index in [-0.39, 0.29) is 11.6 Å². The second kappa shape index (κ2) is 4.28. The molecule has 0 aliphatic heterocycles. The average molecular weight is 262 g/mol. The first-order valence-corrected chi connectivity index (χ1v) is 4.46. The summed E-state index contributed by atoms with van der Waals surface area (Å²) >= 11 is 3.02. The summed E-state index contributed by atoms with van der Waals surface area (Å²) in [5.41, 5.74) is 10.6. The van der Waals surface area contributed by atoms with Gasteiger partial charge in [0.05, 0.1) is 11.6 Å². The number of benzene rings is 1. The Bertz CT molecular complexity index is 377. The van der Waals surface area contributed by atoms with Gasteiger partial charge in [0.15, 0.2) is 5.96 Å². The van der Waals surface area contributed by atoms with Gasteiger partial charge in [-0.1, -0.05) is 0 Å². The van der Waals surface area contributed by atoms with E-state index in [9.17, 15) is 4.39 Å². The van der Waals surface area contributed by atoms with Crippen LogP contribution in [0.3, 0.4) is 0 Å². The molecule has 0 aliphatic carbocycles. The molecule has 4 nitrogen and oxygen atoms in total. The number of hydrogen-bond donors (Lipinski definition) is 2. The summed E-state index contributed by atoms with van der Waals surface area (Å²) in [7, 11) is 1.45. The predicted molar refractivity (Wildman–Crippen MR) is 56.1 cm³/mol. The topological polar surface area (TPSA) is 73.6 Å². The van der Waals surface area contributed by atoms with E-state index in [4.69, 9.17) is 16.2 Å². The van der Waals surface area contributed by atoms with Crippen LogP contribution in [-0.2, 0) is 0 Å². The maximum absolute atomic E-state index is 13.1. The number of hydrogen-bond acceptors (Lipinski definition) is 2. The first-order valence-electron chi connectivity index (χ1n) is 3.67. The molecular formula is C8H9BrFN3O. The third-order valence-corrected chi connectivity index (χ3v) is 2.08. The molecule has 1 aromatic rings. The third-order valence-electron chi connectivity index (χ3n) is 1.47. The quantitative estimate of drug-likeness (QED) is 0.626. The molecule has 0 radical (unpaired) electrons. The minimum atomic E-state index is -0.453. The first kappa shape index (κ1) is 10.8. The Morgan fingerprint density at radius 2 is 2.14 bits per heavy atom. The largest absolute Gasteiger partial charge is 0.494 e. The van der Waals surface area contributed by atoms with E-state index < -0.39 is 5.82 Å². The zero-order valence-electron chi connectivity index (χ0n) is 7.42. The molecular weight excluding hydrogens is 253 g/mol. The van der Waals surface area contributed by atoms with Crippen molar-refractivity contribution in [1.29, 1.82) is 0 Å². The van der Waals surface area contributed by atoms with Gasteiger partial charge in [0.1, 0.15) is 17.3 Å². The molecule has 0 amide bonds. The number of nitrogens with two attached hydrogens (primary N) is 2. The van der Waals surface area contributed by atoms with Crippen molar-refractivity contribution in [3.8, 4) is 5.75 Å². The molecule has 0 aromatic heterocycles. The minimum absolute atomic E-state index is 0.148. The van der Waals surface area contributed by atoms with Crippen molar-refractivity contribution in [3.05, 3.63) is 22.4 Å². The highest BCUT2D eigenvalue weighted by Crippen LogP contribution is 2.32. The minimum Gasteiger partial charge on any atom is -0.494 e. The highest BCUT2D eigenvalue weighted by atomic mass is 79.9. The van der Waals surface area contributed by atoms with Gasteiger partial charge < -0.3 is 16.2 Å². The molecule has 4 N–H and O–H groups in total. The van der Waals surface area contributed by atoms with Crippen LogP contribution in [0.4, 0.5) is 10.1 Å². The van der Waals surface area contributed by atoms with Crippen LogP contribution in [0.1, 0.15) is 0 Å². The van der Waals surface area contributed by atoms with Crippen LogP contribution < -0.4 is 16.2 Å². The number of aliphatic imine (C=N–C) groups is 1. The van der Waals surface area contributed by atoms with E-state index in [1.165, 1.54) is 19.2 Å². The monoisotopic (exact) mass is 261 g/mol. The molecule has 14 heavy (non-hydrogen) atoms. The summed E-state index contributed by atoms with van der Waals surface area (Å²) in [6.45, 7) is 0. The lowest BCUT2D eigenvalue weighted by atomic mass is 10.3. The zero-order valence-corrected chi connectivity index (χ0v) is 9.01. The lowest BCUT2D eigenvalue weighted by Crippen LogP contribution is -2.22. The van der Waals surface area contributed by atoms with Crippen molar-refractivity contribution in [2.45, 2.75) is 0 Å². The predicted octanol–water partition coefficient (Wildman–Crippen LogP) is 1.50. The third kappa shape index (κ3) is 2.35. The Balaban J connectivity index is 3.27. The smallest absolute Gasteiger partial charge is 0.191 e. The van der Waals surface area contributed by atoms with Crippen molar-refractivity contribution >= 4 is 27.6 Å². The van der Waals surface area contributed by atoms with Crippen LogP contribution >= 0.6 is 15.9 Å². The summed E-state index contributed by atoms with van der Waals surface area (Å²) in [5, 5.41) is 0. The van der Waals surface area contributed by atoms with Crippen molar-refractivity contribution in [2.75, 3.05) is 7.11 Å². The fourth-order valence-electron chi connectivity index (χ4n) is 0.908. The molecule has 6 heteroatoms. The van der Waals surface area contributed by atoms with Crippen LogP contribution in [0.15, 0.2) is 21.6 Å². The van der Waals surface area contributed by atoms with Gasteiger partial charge in [-0.3, -0.25) is 0 Å². The Hall–Kier alpha value is -1.30. The number of nitrogens with zero attached hydrogens (tertiary/aromatic N) is 1. The van der Waals surface area contributed by atoms with Crippen molar-refractivity contribution in [3.63, 3.8) is 0 Å². The molecule has 0 aliphatic rings. The van der Waals surface area contributed by atoms with E-state index in [2.05, 4.69) is 20.9 Å². The number of guanidine groups is 1. The molecule has 0 bridgehead atoms. The maximum Gasteiger partial charge on any atom is 0.191 e. The molecule has 0 atom stereocenters. The fraction of sp³-hybridized carbons (Fsp3) is 0.125. The lowest BCUT2D eigenvalue weighted by Gasteiger charge is -2.05. The van der Waals surface area contributed by atoms with E-state index >= 15 is 0 Å². The SMILES string of the molecule is COc1cc(Br)c(F)cc1N=C(N)N. The summed E-state index contributed by atoms with van der Waals surface area (Å²) in [6.07, 6.45) is 0. The van der Waals surface area contributed by atoms with Gasteiger partial charge in [-0.25, -0.2) is 9.38 Å². The standard InChI is InChI=1S/C8H9BrFN3O/c1-14-7-2-4(9)5(10)3-6(7)13-8(11)12/h2-3H,1H3,(H4,11,12,13). The molecule has 0 saturated carbocycles. The van der Waals surface area contributed by atoms with Gasteiger partial charge in [-0.2, -0.15) is 0 Å². The van der Waals surface area contributed by atoms with E-state index in [0.717, 1.165) is 0 Å². The van der Waals surface area contributed by atoms with Crippen molar-refractivity contribution in [1.82, 2.24) is 0 Å². The molecule has 0 spiro atoms. The van der Waals surface area contributed by atoms with E-state index in [0.29, 0.717) is 10.2 Å². The van der Waals surface area contributed by atoms with Crippen molar-refractivity contribution in [2.24, 2.45) is 16.5 Å². The lowest BCUT2D eigenvalue weighted by molar-refractivity contribution is 0.414. The highest BCUT2D eigenvalue weighted by molar-refractivity contribution is 9.10. The van der Waals surface area contributed by atoms with Gasteiger partial charge in [-0.15, -0.1) is 0 Å². The Morgan fingerprint density at radius 3 is 2.64 bits per heavy atom. The summed E-state index contributed by atoms with van der Waals surface area (Å²) < 4.78 is 18.4. The van der Waals surface area contributed by atoms with Crippen LogP contribution in [0, 0.1) is 5.82 Å². The second-order valence-corrected chi connectivity index (χ2v) is 3.33. The first-order chi connectivity index (χ1) is 6.54. The molecule has 76 valence electrons. The Morgan fingerprint density at radius 1 is 1.50 bits per heavy atom. The Kier molecular flexibility index (Phi) is 3.29. The fourth-order valence-corrected chi connectivity index (χ4v) is 1.23. The molecule has 1 rings (SSSR count). The van der Waals surface area contributed by atoms with Crippen LogP contribution in [0.2, 0.25) is 0 Å². The van der Waals surface area contributed by atoms with Crippen LogP contribution in [-0.4, -0.2) is 13.1 Å². The molecule has 0 unspecified atom stereocenters. The van der Waals surface area contributed by atoms with Crippen molar-refractivity contribution < 1.29 is 9.13 Å². The van der Waals surface area contributed by atoms with E-state index in [1.807, 2.05) is 0 Å². The summed E-state index contributed by atoms with van der Waals surface area (Å²) in [5.74, 6) is -0.206. The van der Waals surface area contributed by atoms with Gasteiger partial charge >= 0.3 is 0 Å².